The van der Waals surface area contributed by atoms with E-state index in [2.05, 4.69) is 10.1 Å². The van der Waals surface area contributed by atoms with Crippen molar-refractivity contribution < 1.29 is 14.7 Å². The Balaban J connectivity index is 1.68. The Kier molecular flexibility index (Phi) is 3.88. The van der Waals surface area contributed by atoms with Crippen LogP contribution in [0.1, 0.15) is 44.9 Å². The standard InChI is InChI=1S/C18H15ClN4O3/c1-10-14-6-12(18(25)26)3-2-11(14)4-5-22(10)17(24)15-7-16-20-8-13(19)9-23(16)21-15/h2-3,6-10H,4-5H2,1H3,(H,25,26). The maximum absolute atomic E-state index is 13.0. The van der Waals surface area contributed by atoms with E-state index in [1.807, 2.05) is 13.0 Å². The lowest BCUT2D eigenvalue weighted by Gasteiger charge is -2.35. The molecule has 1 amide bonds. The number of rotatable bonds is 2. The summed E-state index contributed by atoms with van der Waals surface area (Å²) in [5.74, 6) is -1.20. The summed E-state index contributed by atoms with van der Waals surface area (Å²) in [5.41, 5.74) is 2.96. The molecule has 8 heteroatoms. The molecule has 4 rings (SSSR count). The zero-order chi connectivity index (χ0) is 18.4. The van der Waals surface area contributed by atoms with Crippen LogP contribution in [-0.4, -0.2) is 43.0 Å². The van der Waals surface area contributed by atoms with Crippen LogP contribution in [0.15, 0.2) is 36.7 Å². The summed E-state index contributed by atoms with van der Waals surface area (Å²) < 4.78 is 1.47. The zero-order valence-corrected chi connectivity index (χ0v) is 14.6. The fourth-order valence-electron chi connectivity index (χ4n) is 3.33. The lowest BCUT2D eigenvalue weighted by Crippen LogP contribution is -2.39. The first-order valence-electron chi connectivity index (χ1n) is 8.12. The predicted molar refractivity (Wildman–Crippen MR) is 94.6 cm³/mol. The summed E-state index contributed by atoms with van der Waals surface area (Å²) in [6.07, 6.45) is 3.76. The second kappa shape index (κ2) is 6.10. The van der Waals surface area contributed by atoms with Crippen molar-refractivity contribution in [3.05, 3.63) is 64.1 Å². The number of benzene rings is 1. The van der Waals surface area contributed by atoms with E-state index < -0.39 is 5.97 Å². The monoisotopic (exact) mass is 370 g/mol. The van der Waals surface area contributed by atoms with Gasteiger partial charge in [0.05, 0.1) is 22.8 Å². The third-order valence-corrected chi connectivity index (χ3v) is 4.89. The highest BCUT2D eigenvalue weighted by molar-refractivity contribution is 6.30. The van der Waals surface area contributed by atoms with E-state index in [-0.39, 0.29) is 23.2 Å². The molecule has 1 atom stereocenters. The lowest BCUT2D eigenvalue weighted by molar-refractivity contribution is 0.0671. The van der Waals surface area contributed by atoms with E-state index in [0.717, 1.165) is 11.1 Å². The molecule has 1 aliphatic heterocycles. The molecule has 3 aromatic rings. The van der Waals surface area contributed by atoms with Gasteiger partial charge < -0.3 is 10.0 Å². The Morgan fingerprint density at radius 3 is 2.88 bits per heavy atom. The van der Waals surface area contributed by atoms with Gasteiger partial charge in [-0.1, -0.05) is 17.7 Å². The molecule has 1 unspecified atom stereocenters. The van der Waals surface area contributed by atoms with Crippen molar-refractivity contribution in [3.8, 4) is 0 Å². The molecule has 0 saturated heterocycles. The predicted octanol–water partition coefficient (Wildman–Crippen LogP) is 2.84. The number of aromatic nitrogens is 3. The minimum absolute atomic E-state index is 0.217. The molecule has 3 heterocycles. The molecular formula is C18H15ClN4O3. The quantitative estimate of drug-likeness (QED) is 0.749. The molecular weight excluding hydrogens is 356 g/mol. The van der Waals surface area contributed by atoms with Gasteiger partial charge in [0, 0.05) is 18.8 Å². The SMILES string of the molecule is CC1c2cc(C(=O)O)ccc2CCN1C(=O)c1cc2ncc(Cl)cn2n1. The summed E-state index contributed by atoms with van der Waals surface area (Å²) in [6, 6.07) is 6.45. The third kappa shape index (κ3) is 2.70. The van der Waals surface area contributed by atoms with E-state index >= 15 is 0 Å². The number of hydrogen-bond acceptors (Lipinski definition) is 4. The van der Waals surface area contributed by atoms with Gasteiger partial charge in [0.15, 0.2) is 11.3 Å². The van der Waals surface area contributed by atoms with Gasteiger partial charge in [-0.25, -0.2) is 14.3 Å². The number of nitrogens with zero attached hydrogens (tertiary/aromatic N) is 4. The normalized spacial score (nSPS) is 16.5. The second-order valence-electron chi connectivity index (χ2n) is 6.25. The summed E-state index contributed by atoms with van der Waals surface area (Å²) >= 11 is 5.91. The number of aromatic carboxylic acids is 1. The average molecular weight is 371 g/mol. The molecule has 132 valence electrons. The maximum atomic E-state index is 13.0. The highest BCUT2D eigenvalue weighted by Crippen LogP contribution is 2.31. The van der Waals surface area contributed by atoms with Crippen LogP contribution in [0.4, 0.5) is 0 Å². The minimum atomic E-state index is -0.980. The van der Waals surface area contributed by atoms with Crippen LogP contribution in [-0.2, 0) is 6.42 Å². The van der Waals surface area contributed by atoms with Crippen LogP contribution in [0.3, 0.4) is 0 Å². The van der Waals surface area contributed by atoms with Gasteiger partial charge in [-0.3, -0.25) is 4.79 Å². The molecule has 7 nitrogen and oxygen atoms in total. The van der Waals surface area contributed by atoms with Crippen molar-refractivity contribution in [1.29, 1.82) is 0 Å². The van der Waals surface area contributed by atoms with Gasteiger partial charge in [0.2, 0.25) is 0 Å². The Labute approximate surface area is 153 Å². The smallest absolute Gasteiger partial charge is 0.335 e. The van der Waals surface area contributed by atoms with Crippen molar-refractivity contribution in [3.63, 3.8) is 0 Å². The Morgan fingerprint density at radius 1 is 1.31 bits per heavy atom. The molecule has 1 aromatic carbocycles. The number of amides is 1. The summed E-state index contributed by atoms with van der Waals surface area (Å²) in [5, 5.41) is 13.9. The van der Waals surface area contributed by atoms with E-state index in [0.29, 0.717) is 23.6 Å². The number of carbonyl (C=O) groups is 2. The number of hydrogen-bond donors (Lipinski definition) is 1. The second-order valence-corrected chi connectivity index (χ2v) is 6.68. The van der Waals surface area contributed by atoms with Gasteiger partial charge in [-0.15, -0.1) is 0 Å². The van der Waals surface area contributed by atoms with Crippen molar-refractivity contribution >= 4 is 29.1 Å². The van der Waals surface area contributed by atoms with Gasteiger partial charge in [-0.05, 0) is 36.6 Å². The molecule has 2 aromatic heterocycles. The lowest BCUT2D eigenvalue weighted by atomic mass is 9.91. The van der Waals surface area contributed by atoms with Crippen molar-refractivity contribution in [2.45, 2.75) is 19.4 Å². The van der Waals surface area contributed by atoms with Gasteiger partial charge in [0.1, 0.15) is 0 Å². The first-order valence-corrected chi connectivity index (χ1v) is 8.50. The van der Waals surface area contributed by atoms with Crippen molar-refractivity contribution in [2.24, 2.45) is 0 Å². The van der Waals surface area contributed by atoms with Crippen LogP contribution in [0, 0.1) is 0 Å². The molecule has 0 spiro atoms. The Hall–Kier alpha value is -2.93. The third-order valence-electron chi connectivity index (χ3n) is 4.69. The molecule has 26 heavy (non-hydrogen) atoms. The van der Waals surface area contributed by atoms with Crippen LogP contribution in [0.25, 0.3) is 5.65 Å². The number of carboxylic acids is 1. The molecule has 1 aliphatic rings. The number of carboxylic acid groups (broad SMARTS) is 1. The van der Waals surface area contributed by atoms with Crippen LogP contribution in [0.5, 0.6) is 0 Å². The number of halogens is 1. The van der Waals surface area contributed by atoms with Crippen molar-refractivity contribution in [1.82, 2.24) is 19.5 Å². The summed E-state index contributed by atoms with van der Waals surface area (Å²) in [6.45, 7) is 2.44. The van der Waals surface area contributed by atoms with Crippen molar-refractivity contribution in [2.75, 3.05) is 6.54 Å². The largest absolute Gasteiger partial charge is 0.478 e. The number of fused-ring (bicyclic) bond motifs is 2. The molecule has 0 aliphatic carbocycles. The Morgan fingerprint density at radius 2 is 2.12 bits per heavy atom. The fraction of sp³-hybridized carbons (Fsp3) is 0.222. The molecule has 0 bridgehead atoms. The minimum Gasteiger partial charge on any atom is -0.478 e. The van der Waals surface area contributed by atoms with E-state index in [9.17, 15) is 14.7 Å². The molecule has 0 saturated carbocycles. The van der Waals surface area contributed by atoms with E-state index in [1.165, 1.54) is 10.7 Å². The van der Waals surface area contributed by atoms with Gasteiger partial charge >= 0.3 is 5.97 Å². The van der Waals surface area contributed by atoms with E-state index in [4.69, 9.17) is 11.6 Å². The zero-order valence-electron chi connectivity index (χ0n) is 13.9. The van der Waals surface area contributed by atoms with Crippen LogP contribution >= 0.6 is 11.6 Å². The number of carbonyl (C=O) groups excluding carboxylic acids is 1. The summed E-state index contributed by atoms with van der Waals surface area (Å²) in [4.78, 5) is 30.1. The van der Waals surface area contributed by atoms with E-state index in [1.54, 1.807) is 29.3 Å². The highest BCUT2D eigenvalue weighted by Gasteiger charge is 2.30. The topological polar surface area (TPSA) is 87.8 Å². The van der Waals surface area contributed by atoms with Crippen LogP contribution < -0.4 is 0 Å². The van der Waals surface area contributed by atoms with Crippen LogP contribution in [0.2, 0.25) is 5.02 Å². The van der Waals surface area contributed by atoms with Gasteiger partial charge in [0.25, 0.3) is 5.91 Å². The highest BCUT2D eigenvalue weighted by atomic mass is 35.5. The summed E-state index contributed by atoms with van der Waals surface area (Å²) in [7, 11) is 0. The first-order chi connectivity index (χ1) is 12.4. The molecule has 0 radical (unpaired) electrons. The maximum Gasteiger partial charge on any atom is 0.335 e. The fourth-order valence-corrected chi connectivity index (χ4v) is 3.47. The average Bonchev–Trinajstić information content (AvgIpc) is 3.04. The molecule has 0 fully saturated rings. The Bertz CT molecular complexity index is 1050. The molecule has 1 N–H and O–H groups in total. The van der Waals surface area contributed by atoms with Gasteiger partial charge in [-0.2, -0.15) is 5.10 Å². The first kappa shape index (κ1) is 16.5.